The molecule has 1 atom stereocenters. The van der Waals surface area contributed by atoms with Crippen LogP contribution in [0.3, 0.4) is 0 Å². The standard InChI is InChI=1S/C19H27N5O/c1-23(2)14-19(25)8-9-24(15-19)13-17-11-21-18(22-12-17)20-10-16-6-4-3-5-7-16/h3-7,11-12,25H,8-10,13-15H2,1-2H3,(H,20,21,22). The molecule has 3 rings (SSSR count). The number of aromatic nitrogens is 2. The van der Waals surface area contributed by atoms with Crippen LogP contribution in [0.25, 0.3) is 0 Å². The summed E-state index contributed by atoms with van der Waals surface area (Å²) in [4.78, 5) is 13.1. The van der Waals surface area contributed by atoms with E-state index in [-0.39, 0.29) is 0 Å². The molecule has 2 N–H and O–H groups in total. The lowest BCUT2D eigenvalue weighted by Crippen LogP contribution is -2.42. The Labute approximate surface area is 149 Å². The number of hydrogen-bond donors (Lipinski definition) is 2. The van der Waals surface area contributed by atoms with E-state index < -0.39 is 5.60 Å². The molecule has 0 saturated carbocycles. The molecule has 1 unspecified atom stereocenters. The van der Waals surface area contributed by atoms with Crippen molar-refractivity contribution in [3.8, 4) is 0 Å². The number of likely N-dealkylation sites (tertiary alicyclic amines) is 1. The lowest BCUT2D eigenvalue weighted by molar-refractivity contribution is 0.0240. The van der Waals surface area contributed by atoms with Crippen LogP contribution in [-0.4, -0.2) is 64.2 Å². The minimum absolute atomic E-state index is 0.610. The van der Waals surface area contributed by atoms with Crippen molar-refractivity contribution in [3.63, 3.8) is 0 Å². The summed E-state index contributed by atoms with van der Waals surface area (Å²) in [5, 5.41) is 13.8. The molecular weight excluding hydrogens is 314 g/mol. The summed E-state index contributed by atoms with van der Waals surface area (Å²) in [5.74, 6) is 0.637. The van der Waals surface area contributed by atoms with Crippen molar-refractivity contribution in [2.45, 2.75) is 25.1 Å². The Balaban J connectivity index is 1.50. The lowest BCUT2D eigenvalue weighted by Gasteiger charge is -2.26. The average Bonchev–Trinajstić information content (AvgIpc) is 2.95. The largest absolute Gasteiger partial charge is 0.387 e. The van der Waals surface area contributed by atoms with Gasteiger partial charge < -0.3 is 15.3 Å². The summed E-state index contributed by atoms with van der Waals surface area (Å²) >= 11 is 0. The van der Waals surface area contributed by atoms with Gasteiger partial charge in [-0.3, -0.25) is 4.90 Å². The van der Waals surface area contributed by atoms with Crippen LogP contribution in [0.2, 0.25) is 0 Å². The molecule has 6 heteroatoms. The Morgan fingerprint density at radius 3 is 2.56 bits per heavy atom. The fourth-order valence-electron chi connectivity index (χ4n) is 3.36. The van der Waals surface area contributed by atoms with E-state index in [1.165, 1.54) is 5.56 Å². The molecule has 2 heterocycles. The third-order valence-corrected chi connectivity index (χ3v) is 4.43. The first-order valence-electron chi connectivity index (χ1n) is 8.71. The number of rotatable bonds is 7. The van der Waals surface area contributed by atoms with Gasteiger partial charge in [-0.1, -0.05) is 30.3 Å². The van der Waals surface area contributed by atoms with Gasteiger partial charge in [0.05, 0.1) is 5.60 Å². The topological polar surface area (TPSA) is 64.5 Å². The summed E-state index contributed by atoms with van der Waals surface area (Å²) in [6.45, 7) is 3.78. The molecule has 1 aliphatic rings. The second-order valence-electron chi connectivity index (χ2n) is 7.18. The molecule has 1 aromatic carbocycles. The van der Waals surface area contributed by atoms with E-state index in [9.17, 15) is 5.11 Å². The molecule has 1 fully saturated rings. The Morgan fingerprint density at radius 1 is 1.16 bits per heavy atom. The van der Waals surface area contributed by atoms with Gasteiger partial charge in [0, 0.05) is 50.7 Å². The molecule has 1 aromatic heterocycles. The maximum absolute atomic E-state index is 10.6. The monoisotopic (exact) mass is 341 g/mol. The van der Waals surface area contributed by atoms with Gasteiger partial charge in [-0.15, -0.1) is 0 Å². The first-order valence-corrected chi connectivity index (χ1v) is 8.71. The molecule has 1 saturated heterocycles. The maximum Gasteiger partial charge on any atom is 0.222 e. The van der Waals surface area contributed by atoms with Crippen LogP contribution >= 0.6 is 0 Å². The third kappa shape index (κ3) is 5.22. The highest BCUT2D eigenvalue weighted by Gasteiger charge is 2.36. The molecule has 0 amide bonds. The Kier molecular flexibility index (Phi) is 5.63. The van der Waals surface area contributed by atoms with Gasteiger partial charge in [0.2, 0.25) is 5.95 Å². The zero-order valence-corrected chi connectivity index (χ0v) is 15.0. The molecule has 0 radical (unpaired) electrons. The average molecular weight is 341 g/mol. The predicted octanol–water partition coefficient (Wildman–Crippen LogP) is 1.59. The molecule has 25 heavy (non-hydrogen) atoms. The smallest absolute Gasteiger partial charge is 0.222 e. The number of nitrogens with one attached hydrogen (secondary N) is 1. The van der Waals surface area contributed by atoms with Gasteiger partial charge in [-0.2, -0.15) is 0 Å². The van der Waals surface area contributed by atoms with Gasteiger partial charge in [0.1, 0.15) is 0 Å². The molecular formula is C19H27N5O. The molecule has 0 bridgehead atoms. The highest BCUT2D eigenvalue weighted by Crippen LogP contribution is 2.23. The summed E-state index contributed by atoms with van der Waals surface area (Å²) in [6.07, 6.45) is 4.54. The first-order chi connectivity index (χ1) is 12.0. The van der Waals surface area contributed by atoms with Crippen molar-refractivity contribution in [2.75, 3.05) is 39.0 Å². The molecule has 134 valence electrons. The highest BCUT2D eigenvalue weighted by atomic mass is 16.3. The fraction of sp³-hybridized carbons (Fsp3) is 0.474. The van der Waals surface area contributed by atoms with E-state index >= 15 is 0 Å². The molecule has 6 nitrogen and oxygen atoms in total. The van der Waals surface area contributed by atoms with Crippen molar-refractivity contribution in [3.05, 3.63) is 53.9 Å². The number of aliphatic hydroxyl groups is 1. The number of hydrogen-bond acceptors (Lipinski definition) is 6. The van der Waals surface area contributed by atoms with E-state index in [1.54, 1.807) is 0 Å². The Morgan fingerprint density at radius 2 is 1.88 bits per heavy atom. The molecule has 0 spiro atoms. The lowest BCUT2D eigenvalue weighted by atomic mass is 10.0. The van der Waals surface area contributed by atoms with Crippen LogP contribution in [-0.2, 0) is 13.1 Å². The second-order valence-corrected chi connectivity index (χ2v) is 7.18. The SMILES string of the molecule is CN(C)CC1(O)CCN(Cc2cnc(NCc3ccccc3)nc2)C1. The van der Waals surface area contributed by atoms with Crippen LogP contribution in [0.15, 0.2) is 42.7 Å². The minimum atomic E-state index is -0.610. The number of likely N-dealkylation sites (N-methyl/N-ethyl adjacent to an activating group) is 1. The van der Waals surface area contributed by atoms with Crippen LogP contribution in [0.1, 0.15) is 17.5 Å². The number of β-amino-alcohol motifs (C(OH)–C–C–N with tert-alkyl or cyclic N) is 1. The summed E-state index contributed by atoms with van der Waals surface area (Å²) < 4.78 is 0. The van der Waals surface area contributed by atoms with E-state index in [1.807, 2.05) is 49.6 Å². The normalized spacial score (nSPS) is 21.0. The van der Waals surface area contributed by atoms with E-state index in [0.29, 0.717) is 25.6 Å². The van der Waals surface area contributed by atoms with Gasteiger partial charge in [-0.05, 0) is 26.1 Å². The van der Waals surface area contributed by atoms with Gasteiger partial charge >= 0.3 is 0 Å². The van der Waals surface area contributed by atoms with Crippen LogP contribution in [0.4, 0.5) is 5.95 Å². The van der Waals surface area contributed by atoms with Gasteiger partial charge in [-0.25, -0.2) is 9.97 Å². The molecule has 0 aliphatic carbocycles. The second kappa shape index (κ2) is 7.91. The fourth-order valence-corrected chi connectivity index (χ4v) is 3.36. The van der Waals surface area contributed by atoms with Crippen molar-refractivity contribution in [2.24, 2.45) is 0 Å². The van der Waals surface area contributed by atoms with Crippen molar-refractivity contribution < 1.29 is 5.11 Å². The number of benzene rings is 1. The van der Waals surface area contributed by atoms with Crippen LogP contribution < -0.4 is 5.32 Å². The number of anilines is 1. The predicted molar refractivity (Wildman–Crippen MR) is 99.2 cm³/mol. The quantitative estimate of drug-likeness (QED) is 0.797. The van der Waals surface area contributed by atoms with Gasteiger partial charge in [0.25, 0.3) is 0 Å². The van der Waals surface area contributed by atoms with E-state index in [2.05, 4.69) is 32.3 Å². The molecule has 2 aromatic rings. The van der Waals surface area contributed by atoms with Crippen molar-refractivity contribution in [1.29, 1.82) is 0 Å². The third-order valence-electron chi connectivity index (χ3n) is 4.43. The zero-order valence-electron chi connectivity index (χ0n) is 15.0. The van der Waals surface area contributed by atoms with E-state index in [0.717, 1.165) is 25.1 Å². The highest BCUT2D eigenvalue weighted by molar-refractivity contribution is 5.28. The zero-order chi connectivity index (χ0) is 17.7. The first kappa shape index (κ1) is 17.8. The Hall–Kier alpha value is -2.02. The maximum atomic E-state index is 10.6. The summed E-state index contributed by atoms with van der Waals surface area (Å²) in [5.41, 5.74) is 1.66. The summed E-state index contributed by atoms with van der Waals surface area (Å²) in [7, 11) is 3.99. The number of nitrogens with zero attached hydrogens (tertiary/aromatic N) is 4. The summed E-state index contributed by atoms with van der Waals surface area (Å²) in [6, 6.07) is 10.2. The minimum Gasteiger partial charge on any atom is -0.387 e. The van der Waals surface area contributed by atoms with Crippen LogP contribution in [0.5, 0.6) is 0 Å². The van der Waals surface area contributed by atoms with E-state index in [4.69, 9.17) is 0 Å². The Bertz CT molecular complexity index is 661. The van der Waals surface area contributed by atoms with Gasteiger partial charge in [0.15, 0.2) is 0 Å². The molecule has 1 aliphatic heterocycles. The van der Waals surface area contributed by atoms with Crippen molar-refractivity contribution in [1.82, 2.24) is 19.8 Å². The van der Waals surface area contributed by atoms with Crippen molar-refractivity contribution >= 4 is 5.95 Å². The van der Waals surface area contributed by atoms with Crippen LogP contribution in [0, 0.1) is 0 Å².